The van der Waals surface area contributed by atoms with Crippen LogP contribution in [0, 0.1) is 5.92 Å². The number of aromatic nitrogens is 2. The van der Waals surface area contributed by atoms with Crippen LogP contribution in [0.25, 0.3) is 0 Å². The molecule has 2 aromatic rings. The van der Waals surface area contributed by atoms with Gasteiger partial charge in [-0.2, -0.15) is 5.10 Å². The van der Waals surface area contributed by atoms with Crippen molar-refractivity contribution < 1.29 is 0 Å². The molecule has 0 spiro atoms. The summed E-state index contributed by atoms with van der Waals surface area (Å²) in [6.07, 6.45) is 3.66. The number of halogens is 1. The van der Waals surface area contributed by atoms with Gasteiger partial charge in [0.05, 0.1) is 18.4 Å². The lowest BCUT2D eigenvalue weighted by atomic mass is 10.2. The average Bonchev–Trinajstić information content (AvgIpc) is 2.86. The molecule has 2 N–H and O–H groups in total. The van der Waals surface area contributed by atoms with Crippen LogP contribution in [0.4, 0.5) is 5.69 Å². The first-order chi connectivity index (χ1) is 10.0. The van der Waals surface area contributed by atoms with Crippen LogP contribution < -0.4 is 10.6 Å². The molecule has 21 heavy (non-hydrogen) atoms. The van der Waals surface area contributed by atoms with E-state index >= 15 is 0 Å². The molecule has 0 bridgehead atoms. The molecule has 6 heteroatoms. The standard InChI is InChI=1S/C15H19ClN4S/c1-11(2)7-17-15(21)19-13-8-18-20(10-13)9-12-5-3-4-6-14(12)16/h3-6,8,10-11H,7,9H2,1-2H3,(H2,17,19,21). The van der Waals surface area contributed by atoms with Gasteiger partial charge in [-0.25, -0.2) is 0 Å². The molecule has 0 aliphatic carbocycles. The zero-order chi connectivity index (χ0) is 15.2. The lowest BCUT2D eigenvalue weighted by molar-refractivity contribution is 0.627. The third-order valence-electron chi connectivity index (χ3n) is 2.85. The summed E-state index contributed by atoms with van der Waals surface area (Å²) in [4.78, 5) is 0. The van der Waals surface area contributed by atoms with Crippen LogP contribution in [0.1, 0.15) is 19.4 Å². The third kappa shape index (κ3) is 5.02. The Balaban J connectivity index is 1.92. The summed E-state index contributed by atoms with van der Waals surface area (Å²) in [6, 6.07) is 7.76. The van der Waals surface area contributed by atoms with E-state index in [-0.39, 0.29) is 0 Å². The van der Waals surface area contributed by atoms with Crippen molar-refractivity contribution in [1.29, 1.82) is 0 Å². The van der Waals surface area contributed by atoms with Crippen LogP contribution in [-0.4, -0.2) is 21.4 Å². The molecule has 4 nitrogen and oxygen atoms in total. The van der Waals surface area contributed by atoms with Gasteiger partial charge in [-0.15, -0.1) is 0 Å². The quantitative estimate of drug-likeness (QED) is 0.826. The average molecular weight is 323 g/mol. The fraction of sp³-hybridized carbons (Fsp3) is 0.333. The first-order valence-electron chi connectivity index (χ1n) is 6.85. The molecule has 0 unspecified atom stereocenters. The van der Waals surface area contributed by atoms with Gasteiger partial charge >= 0.3 is 0 Å². The summed E-state index contributed by atoms with van der Waals surface area (Å²) in [7, 11) is 0. The monoisotopic (exact) mass is 322 g/mol. The Kier molecular flexibility index (Phi) is 5.59. The van der Waals surface area contributed by atoms with Crippen molar-refractivity contribution in [3.8, 4) is 0 Å². The van der Waals surface area contributed by atoms with Crippen molar-refractivity contribution in [2.24, 2.45) is 5.92 Å². The molecule has 1 aromatic carbocycles. The van der Waals surface area contributed by atoms with Crippen LogP contribution in [-0.2, 0) is 6.54 Å². The summed E-state index contributed by atoms with van der Waals surface area (Å²) in [5.41, 5.74) is 1.90. The second kappa shape index (κ2) is 7.43. The molecule has 0 aliphatic heterocycles. The molecular weight excluding hydrogens is 304 g/mol. The number of thiocarbonyl (C=S) groups is 1. The molecule has 0 aliphatic rings. The first kappa shape index (κ1) is 15.8. The highest BCUT2D eigenvalue weighted by atomic mass is 35.5. The number of hydrogen-bond acceptors (Lipinski definition) is 2. The van der Waals surface area contributed by atoms with E-state index in [4.69, 9.17) is 23.8 Å². The van der Waals surface area contributed by atoms with E-state index in [0.717, 1.165) is 22.8 Å². The lowest BCUT2D eigenvalue weighted by Crippen LogP contribution is -2.31. The Bertz CT molecular complexity index is 609. The molecule has 112 valence electrons. The second-order valence-electron chi connectivity index (χ2n) is 5.25. The van der Waals surface area contributed by atoms with Crippen molar-refractivity contribution in [3.63, 3.8) is 0 Å². The Morgan fingerprint density at radius 2 is 2.14 bits per heavy atom. The molecular formula is C15H19ClN4S. The van der Waals surface area contributed by atoms with E-state index in [2.05, 4.69) is 29.6 Å². The number of nitrogens with zero attached hydrogens (tertiary/aromatic N) is 2. The van der Waals surface area contributed by atoms with Crippen molar-refractivity contribution in [2.45, 2.75) is 20.4 Å². The number of nitrogens with one attached hydrogen (secondary N) is 2. The van der Waals surface area contributed by atoms with Gasteiger partial charge in [0.15, 0.2) is 5.11 Å². The smallest absolute Gasteiger partial charge is 0.170 e. The van der Waals surface area contributed by atoms with E-state index in [1.807, 2.05) is 35.1 Å². The predicted molar refractivity (Wildman–Crippen MR) is 91.8 cm³/mol. The third-order valence-corrected chi connectivity index (χ3v) is 3.47. The maximum absolute atomic E-state index is 6.15. The summed E-state index contributed by atoms with van der Waals surface area (Å²) in [5, 5.41) is 12.0. The van der Waals surface area contributed by atoms with E-state index in [1.165, 1.54) is 0 Å². The van der Waals surface area contributed by atoms with Gasteiger partial charge < -0.3 is 10.6 Å². The van der Waals surface area contributed by atoms with E-state index in [1.54, 1.807) is 6.20 Å². The molecule has 0 radical (unpaired) electrons. The van der Waals surface area contributed by atoms with Crippen molar-refractivity contribution >= 4 is 34.6 Å². The normalized spacial score (nSPS) is 10.7. The van der Waals surface area contributed by atoms with Crippen molar-refractivity contribution in [2.75, 3.05) is 11.9 Å². The highest BCUT2D eigenvalue weighted by Crippen LogP contribution is 2.16. The van der Waals surface area contributed by atoms with Gasteiger partial charge in [-0.1, -0.05) is 43.6 Å². The van der Waals surface area contributed by atoms with Gasteiger partial charge in [-0.05, 0) is 29.8 Å². The minimum atomic E-state index is 0.549. The van der Waals surface area contributed by atoms with Gasteiger partial charge in [0, 0.05) is 17.8 Å². The van der Waals surface area contributed by atoms with E-state index < -0.39 is 0 Å². The van der Waals surface area contributed by atoms with Gasteiger partial charge in [0.2, 0.25) is 0 Å². The van der Waals surface area contributed by atoms with Crippen LogP contribution in [0.15, 0.2) is 36.7 Å². The van der Waals surface area contributed by atoms with Crippen molar-refractivity contribution in [3.05, 3.63) is 47.2 Å². The number of anilines is 1. The Morgan fingerprint density at radius 1 is 1.38 bits per heavy atom. The SMILES string of the molecule is CC(C)CNC(=S)Nc1cnn(Cc2ccccc2Cl)c1. The maximum atomic E-state index is 6.15. The van der Waals surface area contributed by atoms with E-state index in [9.17, 15) is 0 Å². The maximum Gasteiger partial charge on any atom is 0.170 e. The highest BCUT2D eigenvalue weighted by molar-refractivity contribution is 7.80. The molecule has 2 rings (SSSR count). The zero-order valence-electron chi connectivity index (χ0n) is 12.1. The van der Waals surface area contributed by atoms with Crippen LogP contribution in [0.3, 0.4) is 0 Å². The van der Waals surface area contributed by atoms with Crippen molar-refractivity contribution in [1.82, 2.24) is 15.1 Å². The largest absolute Gasteiger partial charge is 0.362 e. The molecule has 0 saturated heterocycles. The van der Waals surface area contributed by atoms with Gasteiger partial charge in [-0.3, -0.25) is 4.68 Å². The molecule has 0 atom stereocenters. The molecule has 1 heterocycles. The van der Waals surface area contributed by atoms with Gasteiger partial charge in [0.25, 0.3) is 0 Å². The van der Waals surface area contributed by atoms with Crippen LogP contribution >= 0.6 is 23.8 Å². The molecule has 0 saturated carbocycles. The zero-order valence-corrected chi connectivity index (χ0v) is 13.7. The molecule has 0 fully saturated rings. The lowest BCUT2D eigenvalue weighted by Gasteiger charge is -2.10. The first-order valence-corrected chi connectivity index (χ1v) is 7.64. The number of rotatable bonds is 5. The fourth-order valence-electron chi connectivity index (χ4n) is 1.79. The summed E-state index contributed by atoms with van der Waals surface area (Å²) >= 11 is 11.4. The minimum absolute atomic E-state index is 0.549. The summed E-state index contributed by atoms with van der Waals surface area (Å²) in [5.74, 6) is 0.549. The summed E-state index contributed by atoms with van der Waals surface area (Å²) in [6.45, 7) is 5.75. The topological polar surface area (TPSA) is 41.9 Å². The fourth-order valence-corrected chi connectivity index (χ4v) is 2.18. The Morgan fingerprint density at radius 3 is 2.86 bits per heavy atom. The number of benzene rings is 1. The second-order valence-corrected chi connectivity index (χ2v) is 6.06. The van der Waals surface area contributed by atoms with Crippen LogP contribution in [0.5, 0.6) is 0 Å². The Labute approximate surface area is 135 Å². The van der Waals surface area contributed by atoms with Gasteiger partial charge in [0.1, 0.15) is 0 Å². The molecule has 1 aromatic heterocycles. The highest BCUT2D eigenvalue weighted by Gasteiger charge is 2.04. The Hall–Kier alpha value is -1.59. The van der Waals surface area contributed by atoms with Crippen LogP contribution in [0.2, 0.25) is 5.02 Å². The summed E-state index contributed by atoms with van der Waals surface area (Å²) < 4.78 is 1.83. The molecule has 0 amide bonds. The predicted octanol–water partition coefficient (Wildman–Crippen LogP) is 3.53. The number of hydrogen-bond donors (Lipinski definition) is 2. The van der Waals surface area contributed by atoms with E-state index in [0.29, 0.717) is 17.6 Å². The minimum Gasteiger partial charge on any atom is -0.362 e.